The number of amides is 2. The molecular formula is C19H28N2O3. The highest BCUT2D eigenvalue weighted by Gasteiger charge is 2.24. The molecule has 1 aromatic rings. The van der Waals surface area contributed by atoms with Gasteiger partial charge in [-0.2, -0.15) is 0 Å². The second kappa shape index (κ2) is 8.71. The van der Waals surface area contributed by atoms with E-state index in [4.69, 9.17) is 4.74 Å². The molecule has 0 saturated carbocycles. The highest BCUT2D eigenvalue weighted by molar-refractivity contribution is 5.78. The van der Waals surface area contributed by atoms with Crippen molar-refractivity contribution in [2.75, 3.05) is 26.2 Å². The van der Waals surface area contributed by atoms with Crippen LogP contribution in [0.4, 0.5) is 0 Å². The lowest BCUT2D eigenvalue weighted by Gasteiger charge is -2.33. The van der Waals surface area contributed by atoms with Crippen molar-refractivity contribution >= 4 is 11.8 Å². The van der Waals surface area contributed by atoms with Gasteiger partial charge in [0.05, 0.1) is 0 Å². The van der Waals surface area contributed by atoms with Gasteiger partial charge in [-0.1, -0.05) is 31.5 Å². The van der Waals surface area contributed by atoms with Crippen LogP contribution in [0.3, 0.4) is 0 Å². The van der Waals surface area contributed by atoms with Gasteiger partial charge in [0.2, 0.25) is 5.91 Å². The number of ether oxygens (including phenoxy) is 1. The SMILES string of the molecule is Cc1ccc(OCC(=O)N2CCC[C@@H](CNC(=O)C(C)C)C2)cc1. The lowest BCUT2D eigenvalue weighted by Crippen LogP contribution is -2.45. The molecule has 0 unspecified atom stereocenters. The van der Waals surface area contributed by atoms with Crippen molar-refractivity contribution in [3.8, 4) is 5.75 Å². The number of likely N-dealkylation sites (tertiary alicyclic amines) is 1. The topological polar surface area (TPSA) is 58.6 Å². The fourth-order valence-corrected chi connectivity index (χ4v) is 2.78. The first-order chi connectivity index (χ1) is 11.5. The molecule has 0 spiro atoms. The van der Waals surface area contributed by atoms with E-state index in [-0.39, 0.29) is 24.3 Å². The molecule has 1 aliphatic heterocycles. The lowest BCUT2D eigenvalue weighted by molar-refractivity contribution is -0.135. The number of aryl methyl sites for hydroxylation is 1. The third-order valence-electron chi connectivity index (χ3n) is 4.34. The second-order valence-electron chi connectivity index (χ2n) is 6.85. The Morgan fingerprint density at radius 1 is 1.29 bits per heavy atom. The smallest absolute Gasteiger partial charge is 0.260 e. The lowest BCUT2D eigenvalue weighted by atomic mass is 9.97. The predicted molar refractivity (Wildman–Crippen MR) is 93.8 cm³/mol. The minimum atomic E-state index is -0.00534. The molecule has 0 aliphatic carbocycles. The summed E-state index contributed by atoms with van der Waals surface area (Å²) in [7, 11) is 0. The molecule has 1 aliphatic rings. The highest BCUT2D eigenvalue weighted by atomic mass is 16.5. The average molecular weight is 332 g/mol. The number of piperidine rings is 1. The van der Waals surface area contributed by atoms with Crippen LogP contribution in [0.1, 0.15) is 32.3 Å². The van der Waals surface area contributed by atoms with E-state index >= 15 is 0 Å². The molecule has 1 aromatic carbocycles. The van der Waals surface area contributed by atoms with Crippen LogP contribution in [0.2, 0.25) is 0 Å². The monoisotopic (exact) mass is 332 g/mol. The van der Waals surface area contributed by atoms with Gasteiger partial charge in [0.25, 0.3) is 5.91 Å². The van der Waals surface area contributed by atoms with Gasteiger partial charge in [0.1, 0.15) is 5.75 Å². The van der Waals surface area contributed by atoms with Gasteiger partial charge in [-0.15, -0.1) is 0 Å². The second-order valence-corrected chi connectivity index (χ2v) is 6.85. The van der Waals surface area contributed by atoms with E-state index in [0.717, 1.165) is 24.9 Å². The number of rotatable bonds is 6. The molecule has 0 radical (unpaired) electrons. The van der Waals surface area contributed by atoms with Crippen molar-refractivity contribution in [3.05, 3.63) is 29.8 Å². The molecule has 1 saturated heterocycles. The van der Waals surface area contributed by atoms with Crippen molar-refractivity contribution < 1.29 is 14.3 Å². The Morgan fingerprint density at radius 2 is 2.00 bits per heavy atom. The van der Waals surface area contributed by atoms with Crippen molar-refractivity contribution in [1.29, 1.82) is 0 Å². The quantitative estimate of drug-likeness (QED) is 0.870. The van der Waals surface area contributed by atoms with Crippen LogP contribution in [0, 0.1) is 18.8 Å². The van der Waals surface area contributed by atoms with Crippen LogP contribution >= 0.6 is 0 Å². The summed E-state index contributed by atoms with van der Waals surface area (Å²) < 4.78 is 5.58. The molecule has 1 atom stereocenters. The molecule has 132 valence electrons. The first-order valence-corrected chi connectivity index (χ1v) is 8.70. The standard InChI is InChI=1S/C19H28N2O3/c1-14(2)19(23)20-11-16-5-4-10-21(12-16)18(22)13-24-17-8-6-15(3)7-9-17/h6-9,14,16H,4-5,10-13H2,1-3H3,(H,20,23)/t16-/m0/s1. The molecule has 2 amide bonds. The van der Waals surface area contributed by atoms with Crippen LogP contribution in [-0.2, 0) is 9.59 Å². The first kappa shape index (κ1) is 18.3. The van der Waals surface area contributed by atoms with Crippen molar-refractivity contribution in [2.24, 2.45) is 11.8 Å². The van der Waals surface area contributed by atoms with Crippen molar-refractivity contribution in [3.63, 3.8) is 0 Å². The minimum absolute atomic E-state index is 0.00534. The third kappa shape index (κ3) is 5.55. The first-order valence-electron chi connectivity index (χ1n) is 8.70. The number of carbonyl (C=O) groups is 2. The van der Waals surface area contributed by atoms with E-state index in [1.807, 2.05) is 49.9 Å². The van der Waals surface area contributed by atoms with Gasteiger partial charge in [-0.25, -0.2) is 0 Å². The number of carbonyl (C=O) groups excluding carboxylic acids is 2. The number of hydrogen-bond acceptors (Lipinski definition) is 3. The Hall–Kier alpha value is -2.04. The van der Waals surface area contributed by atoms with Gasteiger partial charge in [-0.3, -0.25) is 9.59 Å². The Kier molecular flexibility index (Phi) is 6.64. The summed E-state index contributed by atoms with van der Waals surface area (Å²) in [6, 6.07) is 7.69. The Bertz CT molecular complexity index is 554. The maximum Gasteiger partial charge on any atom is 0.260 e. The zero-order chi connectivity index (χ0) is 17.5. The van der Waals surface area contributed by atoms with Crippen LogP contribution in [0.25, 0.3) is 0 Å². The zero-order valence-electron chi connectivity index (χ0n) is 14.9. The predicted octanol–water partition coefficient (Wildman–Crippen LogP) is 2.38. The summed E-state index contributed by atoms with van der Waals surface area (Å²) in [4.78, 5) is 25.9. The van der Waals surface area contributed by atoms with Crippen molar-refractivity contribution in [1.82, 2.24) is 10.2 Å². The van der Waals surface area contributed by atoms with E-state index in [0.29, 0.717) is 24.8 Å². The van der Waals surface area contributed by atoms with E-state index in [1.165, 1.54) is 0 Å². The molecule has 2 rings (SSSR count). The van der Waals surface area contributed by atoms with E-state index in [1.54, 1.807) is 0 Å². The van der Waals surface area contributed by atoms with Crippen molar-refractivity contribution in [2.45, 2.75) is 33.6 Å². The number of hydrogen-bond donors (Lipinski definition) is 1. The molecule has 5 nitrogen and oxygen atoms in total. The van der Waals surface area contributed by atoms with E-state index < -0.39 is 0 Å². The van der Waals surface area contributed by atoms with Crippen LogP contribution in [0.5, 0.6) is 5.75 Å². The molecule has 1 heterocycles. The molecule has 1 fully saturated rings. The Labute approximate surface area is 144 Å². The number of nitrogens with zero attached hydrogens (tertiary/aromatic N) is 1. The molecule has 0 bridgehead atoms. The maximum absolute atomic E-state index is 12.3. The largest absolute Gasteiger partial charge is 0.484 e. The summed E-state index contributed by atoms with van der Waals surface area (Å²) in [5.74, 6) is 1.11. The summed E-state index contributed by atoms with van der Waals surface area (Å²) >= 11 is 0. The van der Waals surface area contributed by atoms with Crippen LogP contribution in [-0.4, -0.2) is 43.0 Å². The normalized spacial score (nSPS) is 17.7. The molecule has 24 heavy (non-hydrogen) atoms. The van der Waals surface area contributed by atoms with Gasteiger partial charge in [0, 0.05) is 25.6 Å². The maximum atomic E-state index is 12.3. The number of nitrogens with one attached hydrogen (secondary N) is 1. The molecule has 1 N–H and O–H groups in total. The summed E-state index contributed by atoms with van der Waals surface area (Å²) in [5.41, 5.74) is 1.16. The Morgan fingerprint density at radius 3 is 2.67 bits per heavy atom. The summed E-state index contributed by atoms with van der Waals surface area (Å²) in [6.07, 6.45) is 2.01. The Balaban J connectivity index is 1.77. The van der Waals surface area contributed by atoms with Gasteiger partial charge >= 0.3 is 0 Å². The van der Waals surface area contributed by atoms with Gasteiger partial charge in [0.15, 0.2) is 6.61 Å². The van der Waals surface area contributed by atoms with E-state index in [2.05, 4.69) is 5.32 Å². The van der Waals surface area contributed by atoms with Crippen LogP contribution in [0.15, 0.2) is 24.3 Å². The molecule has 5 heteroatoms. The fraction of sp³-hybridized carbons (Fsp3) is 0.579. The van der Waals surface area contributed by atoms with Gasteiger partial charge in [-0.05, 0) is 37.8 Å². The highest BCUT2D eigenvalue weighted by Crippen LogP contribution is 2.17. The minimum Gasteiger partial charge on any atom is -0.484 e. The third-order valence-corrected chi connectivity index (χ3v) is 4.34. The number of benzene rings is 1. The zero-order valence-corrected chi connectivity index (χ0v) is 14.9. The fourth-order valence-electron chi connectivity index (χ4n) is 2.78. The summed E-state index contributed by atoms with van der Waals surface area (Å²) in [6.45, 7) is 7.94. The summed E-state index contributed by atoms with van der Waals surface area (Å²) in [5, 5.41) is 2.97. The average Bonchev–Trinajstić information content (AvgIpc) is 2.59. The van der Waals surface area contributed by atoms with Gasteiger partial charge < -0.3 is 15.0 Å². The van der Waals surface area contributed by atoms with E-state index in [9.17, 15) is 9.59 Å². The molecular weight excluding hydrogens is 304 g/mol. The molecule has 0 aromatic heterocycles. The van der Waals surface area contributed by atoms with Crippen LogP contribution < -0.4 is 10.1 Å².